The summed E-state index contributed by atoms with van der Waals surface area (Å²) in [6.45, 7) is 8.00. The van der Waals surface area contributed by atoms with Gasteiger partial charge in [0.15, 0.2) is 0 Å². The molecule has 2 N–H and O–H groups in total. The van der Waals surface area contributed by atoms with Crippen LogP contribution in [0.2, 0.25) is 0 Å². The van der Waals surface area contributed by atoms with Crippen LogP contribution < -0.4 is 5.73 Å². The summed E-state index contributed by atoms with van der Waals surface area (Å²) in [6.07, 6.45) is 2.23. The van der Waals surface area contributed by atoms with E-state index in [-0.39, 0.29) is 11.3 Å². The summed E-state index contributed by atoms with van der Waals surface area (Å²) in [5, 5.41) is 5.30. The van der Waals surface area contributed by atoms with Crippen LogP contribution in [0, 0.1) is 12.3 Å². The number of piperidine rings is 1. The molecular formula is C15H22N4OS. The fraction of sp³-hybridized carbons (Fsp3) is 0.600. The second-order valence-corrected chi connectivity index (χ2v) is 7.73. The van der Waals surface area contributed by atoms with Crippen molar-refractivity contribution in [1.29, 1.82) is 0 Å². The summed E-state index contributed by atoms with van der Waals surface area (Å²) in [6, 6.07) is 0. The summed E-state index contributed by atoms with van der Waals surface area (Å²) < 4.78 is 1.81. The standard InChI is InChI=1S/C15H22N4OS/c1-9-10-11(16)12(21-14(10)18(4)17-9)13(20)19-7-5-6-15(2,3)8-19/h5-8,16H2,1-4H3. The Balaban J connectivity index is 1.98. The molecule has 114 valence electrons. The Morgan fingerprint density at radius 2 is 2.14 bits per heavy atom. The van der Waals surface area contributed by atoms with Gasteiger partial charge in [-0.3, -0.25) is 9.48 Å². The molecule has 3 heterocycles. The molecule has 1 aliphatic rings. The highest BCUT2D eigenvalue weighted by molar-refractivity contribution is 7.21. The van der Waals surface area contributed by atoms with E-state index in [1.807, 2.05) is 23.6 Å². The SMILES string of the molecule is Cc1nn(C)c2sc(C(=O)N3CCCC(C)(C)C3)c(N)c12. The zero-order valence-corrected chi connectivity index (χ0v) is 13.9. The fourth-order valence-electron chi connectivity index (χ4n) is 3.23. The number of likely N-dealkylation sites (tertiary alicyclic amines) is 1. The summed E-state index contributed by atoms with van der Waals surface area (Å²) in [5.74, 6) is 0.0703. The molecule has 1 amide bonds. The third kappa shape index (κ3) is 2.31. The number of aromatic nitrogens is 2. The summed E-state index contributed by atoms with van der Waals surface area (Å²) in [4.78, 5) is 16.4. The number of fused-ring (bicyclic) bond motifs is 1. The van der Waals surface area contributed by atoms with Crippen LogP contribution in [0.5, 0.6) is 0 Å². The average Bonchev–Trinajstić information content (AvgIpc) is 2.87. The number of hydrogen-bond acceptors (Lipinski definition) is 4. The number of nitrogens with zero attached hydrogens (tertiary/aromatic N) is 3. The molecule has 2 aromatic rings. The predicted molar refractivity (Wildman–Crippen MR) is 86.7 cm³/mol. The third-order valence-corrected chi connectivity index (χ3v) is 5.52. The molecule has 21 heavy (non-hydrogen) atoms. The molecule has 0 aliphatic carbocycles. The van der Waals surface area contributed by atoms with Crippen LogP contribution in [0.3, 0.4) is 0 Å². The Kier molecular flexibility index (Phi) is 3.24. The van der Waals surface area contributed by atoms with Gasteiger partial charge in [-0.25, -0.2) is 0 Å². The third-order valence-electron chi connectivity index (χ3n) is 4.26. The van der Waals surface area contributed by atoms with E-state index >= 15 is 0 Å². The van der Waals surface area contributed by atoms with Gasteiger partial charge in [0, 0.05) is 20.1 Å². The Morgan fingerprint density at radius 1 is 1.43 bits per heavy atom. The molecule has 5 nitrogen and oxygen atoms in total. The molecule has 0 spiro atoms. The van der Waals surface area contributed by atoms with Gasteiger partial charge in [0.1, 0.15) is 9.71 Å². The number of carbonyl (C=O) groups is 1. The van der Waals surface area contributed by atoms with Crippen molar-refractivity contribution in [3.05, 3.63) is 10.6 Å². The fourth-order valence-corrected chi connectivity index (χ4v) is 4.38. The van der Waals surface area contributed by atoms with Crippen molar-refractivity contribution in [3.8, 4) is 0 Å². The lowest BCUT2D eigenvalue weighted by atomic mass is 9.84. The van der Waals surface area contributed by atoms with E-state index < -0.39 is 0 Å². The largest absolute Gasteiger partial charge is 0.397 e. The van der Waals surface area contributed by atoms with Crippen molar-refractivity contribution in [2.45, 2.75) is 33.6 Å². The molecule has 0 bridgehead atoms. The van der Waals surface area contributed by atoms with Crippen LogP contribution >= 0.6 is 11.3 Å². The molecule has 2 aromatic heterocycles. The predicted octanol–water partition coefficient (Wildman–Crippen LogP) is 2.79. The number of anilines is 1. The lowest BCUT2D eigenvalue weighted by Gasteiger charge is -2.37. The number of thiophene rings is 1. The monoisotopic (exact) mass is 306 g/mol. The molecule has 6 heteroatoms. The van der Waals surface area contributed by atoms with Crippen molar-refractivity contribution in [2.75, 3.05) is 18.8 Å². The highest BCUT2D eigenvalue weighted by Crippen LogP contribution is 2.37. The second kappa shape index (κ2) is 4.73. The van der Waals surface area contributed by atoms with Gasteiger partial charge in [-0.1, -0.05) is 13.8 Å². The quantitative estimate of drug-likeness (QED) is 0.881. The highest BCUT2D eigenvalue weighted by atomic mass is 32.1. The van der Waals surface area contributed by atoms with Crippen LogP contribution in [0.1, 0.15) is 42.1 Å². The summed E-state index contributed by atoms with van der Waals surface area (Å²) >= 11 is 1.46. The van der Waals surface area contributed by atoms with Gasteiger partial charge in [-0.05, 0) is 25.2 Å². The molecule has 3 rings (SSSR count). The molecule has 0 aromatic carbocycles. The molecule has 0 atom stereocenters. The van der Waals surface area contributed by atoms with Crippen molar-refractivity contribution in [3.63, 3.8) is 0 Å². The average molecular weight is 306 g/mol. The molecule has 0 unspecified atom stereocenters. The maximum atomic E-state index is 12.8. The number of hydrogen-bond donors (Lipinski definition) is 1. The molecular weight excluding hydrogens is 284 g/mol. The smallest absolute Gasteiger partial charge is 0.266 e. The Morgan fingerprint density at radius 3 is 2.76 bits per heavy atom. The van der Waals surface area contributed by atoms with Crippen LogP contribution in [0.4, 0.5) is 5.69 Å². The van der Waals surface area contributed by atoms with Gasteiger partial charge in [-0.15, -0.1) is 11.3 Å². The zero-order valence-electron chi connectivity index (χ0n) is 13.1. The molecule has 0 saturated carbocycles. The van der Waals surface area contributed by atoms with Gasteiger partial charge < -0.3 is 10.6 Å². The number of nitrogens with two attached hydrogens (primary N) is 1. The molecule has 1 fully saturated rings. The van der Waals surface area contributed by atoms with Gasteiger partial charge in [0.2, 0.25) is 0 Å². The number of rotatable bonds is 1. The van der Waals surface area contributed by atoms with Gasteiger partial charge in [0.05, 0.1) is 16.8 Å². The van der Waals surface area contributed by atoms with Gasteiger partial charge in [-0.2, -0.15) is 5.10 Å². The molecule has 1 aliphatic heterocycles. The number of amides is 1. The first kappa shape index (κ1) is 14.4. The first-order chi connectivity index (χ1) is 9.80. The van der Waals surface area contributed by atoms with E-state index in [4.69, 9.17) is 5.73 Å². The zero-order chi connectivity index (χ0) is 15.4. The van der Waals surface area contributed by atoms with Crippen LogP contribution in [-0.2, 0) is 7.05 Å². The van der Waals surface area contributed by atoms with Crippen molar-refractivity contribution in [1.82, 2.24) is 14.7 Å². The Bertz CT molecular complexity index is 713. The topological polar surface area (TPSA) is 64.2 Å². The van der Waals surface area contributed by atoms with Crippen LogP contribution in [0.15, 0.2) is 0 Å². The van der Waals surface area contributed by atoms with E-state index in [0.717, 1.165) is 35.4 Å². The Labute approximate surface area is 128 Å². The minimum absolute atomic E-state index is 0.0703. The van der Waals surface area contributed by atoms with Crippen LogP contribution in [-0.4, -0.2) is 33.7 Å². The lowest BCUT2D eigenvalue weighted by Crippen LogP contribution is -2.43. The van der Waals surface area contributed by atoms with Crippen molar-refractivity contribution in [2.24, 2.45) is 12.5 Å². The first-order valence-electron chi connectivity index (χ1n) is 7.31. The van der Waals surface area contributed by atoms with E-state index in [0.29, 0.717) is 10.6 Å². The normalized spacial score (nSPS) is 18.4. The van der Waals surface area contributed by atoms with E-state index in [2.05, 4.69) is 18.9 Å². The lowest BCUT2D eigenvalue weighted by molar-refractivity contribution is 0.0589. The number of aryl methyl sites for hydroxylation is 2. The minimum atomic E-state index is 0.0703. The maximum absolute atomic E-state index is 12.8. The molecule has 0 radical (unpaired) electrons. The molecule has 1 saturated heterocycles. The summed E-state index contributed by atoms with van der Waals surface area (Å²) in [7, 11) is 1.89. The van der Waals surface area contributed by atoms with E-state index in [1.165, 1.54) is 17.8 Å². The second-order valence-electron chi connectivity index (χ2n) is 6.73. The van der Waals surface area contributed by atoms with Gasteiger partial charge in [0.25, 0.3) is 5.91 Å². The number of nitrogen functional groups attached to an aromatic ring is 1. The Hall–Kier alpha value is -1.56. The van der Waals surface area contributed by atoms with Crippen molar-refractivity contribution < 1.29 is 4.79 Å². The maximum Gasteiger partial charge on any atom is 0.266 e. The number of carbonyl (C=O) groups excluding carboxylic acids is 1. The van der Waals surface area contributed by atoms with Gasteiger partial charge >= 0.3 is 0 Å². The minimum Gasteiger partial charge on any atom is -0.397 e. The summed E-state index contributed by atoms with van der Waals surface area (Å²) in [5.41, 5.74) is 7.91. The van der Waals surface area contributed by atoms with Crippen molar-refractivity contribution >= 4 is 33.1 Å². The highest BCUT2D eigenvalue weighted by Gasteiger charge is 2.32. The van der Waals surface area contributed by atoms with E-state index in [1.54, 1.807) is 0 Å². The van der Waals surface area contributed by atoms with Crippen LogP contribution in [0.25, 0.3) is 10.2 Å². The van der Waals surface area contributed by atoms with E-state index in [9.17, 15) is 4.79 Å². The first-order valence-corrected chi connectivity index (χ1v) is 8.13.